The van der Waals surface area contributed by atoms with Crippen LogP contribution >= 0.6 is 0 Å². The molecule has 2 aromatic carbocycles. The average molecular weight is 418 g/mol. The van der Waals surface area contributed by atoms with Crippen molar-refractivity contribution >= 4 is 33.5 Å². The van der Waals surface area contributed by atoms with Crippen LogP contribution in [0.3, 0.4) is 0 Å². The molecule has 4 N–H and O–H groups in total. The van der Waals surface area contributed by atoms with Crippen molar-refractivity contribution in [1.29, 1.82) is 0 Å². The van der Waals surface area contributed by atoms with Gasteiger partial charge >= 0.3 is 0 Å². The number of nitrogens with two attached hydrogens (primary N) is 1. The van der Waals surface area contributed by atoms with Crippen LogP contribution in [0.4, 0.5) is 5.69 Å². The lowest BCUT2D eigenvalue weighted by Gasteiger charge is -2.19. The van der Waals surface area contributed by atoms with Gasteiger partial charge in [0.05, 0.1) is 29.6 Å². The van der Waals surface area contributed by atoms with E-state index in [1.54, 1.807) is 10.7 Å². The van der Waals surface area contributed by atoms with Crippen LogP contribution in [0, 0.1) is 0 Å². The third-order valence-corrected chi connectivity index (χ3v) is 6.00. The number of H-pyrrole nitrogens is 1. The number of carbonyl (C=O) groups is 1. The van der Waals surface area contributed by atoms with Gasteiger partial charge < -0.3 is 16.0 Å². The van der Waals surface area contributed by atoms with E-state index >= 15 is 0 Å². The molecule has 31 heavy (non-hydrogen) atoms. The van der Waals surface area contributed by atoms with Gasteiger partial charge in [-0.2, -0.15) is 5.10 Å². The molecule has 1 aliphatic heterocycles. The number of benzene rings is 2. The second-order valence-electron chi connectivity index (χ2n) is 8.29. The molecule has 8 nitrogen and oxygen atoms in total. The summed E-state index contributed by atoms with van der Waals surface area (Å²) in [4.78, 5) is 23.4. The molecule has 0 unspecified atom stereocenters. The smallest absolute Gasteiger partial charge is 0.255 e. The Kier molecular flexibility index (Phi) is 5.17. The van der Waals surface area contributed by atoms with E-state index in [1.165, 1.54) is 12.8 Å². The van der Waals surface area contributed by atoms with Crippen LogP contribution in [0.25, 0.3) is 21.9 Å². The molecular formula is C23H27N7O. The van der Waals surface area contributed by atoms with E-state index in [1.807, 2.05) is 36.5 Å². The Morgan fingerprint density at radius 1 is 1.26 bits per heavy atom. The zero-order valence-electron chi connectivity index (χ0n) is 17.6. The Bertz CT molecular complexity index is 1240. The Hall–Kier alpha value is -3.23. The standard InChI is InChI=1S/C23H27N7O/c1-15-3-2-9-29(15)14-22-26-20-7-5-18(12-21(20)27-22)25-23(31)16-4-6-19-17(11-16)13-30(28-19)10-8-24/h4-7,11-13,15H,2-3,8-10,14,24H2,1H3,(H,25,31)(H,26,27)/t15-/m0/s1. The molecule has 0 saturated carbocycles. The van der Waals surface area contributed by atoms with Crippen LogP contribution in [0.5, 0.6) is 0 Å². The summed E-state index contributed by atoms with van der Waals surface area (Å²) in [6.45, 7) is 5.39. The van der Waals surface area contributed by atoms with Crippen LogP contribution < -0.4 is 11.1 Å². The highest BCUT2D eigenvalue weighted by molar-refractivity contribution is 6.06. The SMILES string of the molecule is C[C@H]1CCCN1Cc1nc2ccc(NC(=O)c3ccc4nn(CCN)cc4c3)cc2[nH]1. The van der Waals surface area contributed by atoms with Gasteiger partial charge in [0.15, 0.2) is 0 Å². The van der Waals surface area contributed by atoms with Gasteiger partial charge in [0.25, 0.3) is 5.91 Å². The average Bonchev–Trinajstić information content (AvgIpc) is 3.45. The summed E-state index contributed by atoms with van der Waals surface area (Å²) in [5, 5.41) is 8.37. The summed E-state index contributed by atoms with van der Waals surface area (Å²) >= 11 is 0. The quantitative estimate of drug-likeness (QED) is 0.447. The zero-order chi connectivity index (χ0) is 21.4. The number of nitrogens with one attached hydrogen (secondary N) is 2. The molecule has 1 aliphatic rings. The van der Waals surface area contributed by atoms with Crippen molar-refractivity contribution in [1.82, 2.24) is 24.6 Å². The van der Waals surface area contributed by atoms with Gasteiger partial charge in [0, 0.05) is 35.4 Å². The largest absolute Gasteiger partial charge is 0.341 e. The highest BCUT2D eigenvalue weighted by atomic mass is 16.1. The maximum Gasteiger partial charge on any atom is 0.255 e. The molecule has 0 spiro atoms. The fourth-order valence-corrected chi connectivity index (χ4v) is 4.30. The second-order valence-corrected chi connectivity index (χ2v) is 8.29. The fourth-order valence-electron chi connectivity index (χ4n) is 4.30. The topological polar surface area (TPSA) is 105 Å². The molecule has 0 bridgehead atoms. The summed E-state index contributed by atoms with van der Waals surface area (Å²) < 4.78 is 1.80. The molecule has 1 fully saturated rings. The van der Waals surface area contributed by atoms with E-state index in [-0.39, 0.29) is 5.91 Å². The monoisotopic (exact) mass is 417 g/mol. The van der Waals surface area contributed by atoms with Gasteiger partial charge in [-0.15, -0.1) is 0 Å². The minimum atomic E-state index is -0.154. The lowest BCUT2D eigenvalue weighted by Crippen LogP contribution is -2.26. The number of rotatable bonds is 6. The van der Waals surface area contributed by atoms with Gasteiger partial charge in [-0.05, 0) is 62.7 Å². The third-order valence-electron chi connectivity index (χ3n) is 6.00. The summed E-state index contributed by atoms with van der Waals surface area (Å²) in [6, 6.07) is 11.9. The van der Waals surface area contributed by atoms with Gasteiger partial charge in [0.1, 0.15) is 5.82 Å². The van der Waals surface area contributed by atoms with Crippen LogP contribution in [-0.2, 0) is 13.1 Å². The number of aromatic nitrogens is 4. The molecule has 2 aromatic heterocycles. The first kappa shape index (κ1) is 19.7. The number of hydrogen-bond donors (Lipinski definition) is 3. The number of anilines is 1. The molecule has 0 radical (unpaired) electrons. The van der Waals surface area contributed by atoms with Crippen molar-refractivity contribution in [2.45, 2.75) is 38.9 Å². The molecule has 0 aliphatic carbocycles. The molecule has 160 valence electrons. The van der Waals surface area contributed by atoms with E-state index < -0.39 is 0 Å². The predicted octanol–water partition coefficient (Wildman–Crippen LogP) is 3.11. The number of carbonyl (C=O) groups excluding carboxylic acids is 1. The van der Waals surface area contributed by atoms with E-state index in [0.717, 1.165) is 46.5 Å². The molecule has 4 aromatic rings. The van der Waals surface area contributed by atoms with E-state index in [4.69, 9.17) is 10.7 Å². The number of likely N-dealkylation sites (tertiary alicyclic amines) is 1. The first-order chi connectivity index (χ1) is 15.1. The lowest BCUT2D eigenvalue weighted by molar-refractivity contribution is 0.102. The second kappa shape index (κ2) is 8.13. The van der Waals surface area contributed by atoms with E-state index in [9.17, 15) is 4.79 Å². The van der Waals surface area contributed by atoms with Crippen molar-refractivity contribution < 1.29 is 4.79 Å². The summed E-state index contributed by atoms with van der Waals surface area (Å²) in [5.74, 6) is 0.811. The number of aromatic amines is 1. The number of fused-ring (bicyclic) bond motifs is 2. The third kappa shape index (κ3) is 4.04. The van der Waals surface area contributed by atoms with Gasteiger partial charge in [0.2, 0.25) is 0 Å². The van der Waals surface area contributed by atoms with Crippen LogP contribution in [0.1, 0.15) is 35.9 Å². The first-order valence-corrected chi connectivity index (χ1v) is 10.8. The van der Waals surface area contributed by atoms with Crippen molar-refractivity contribution in [3.8, 4) is 0 Å². The number of hydrogen-bond acceptors (Lipinski definition) is 5. The maximum atomic E-state index is 12.8. The number of imidazole rings is 1. The summed E-state index contributed by atoms with van der Waals surface area (Å²) in [5.41, 5.74) is 9.62. The minimum Gasteiger partial charge on any atom is -0.341 e. The minimum absolute atomic E-state index is 0.154. The van der Waals surface area contributed by atoms with Crippen molar-refractivity contribution in [3.63, 3.8) is 0 Å². The Balaban J connectivity index is 1.32. The number of nitrogens with zero attached hydrogens (tertiary/aromatic N) is 4. The molecule has 3 heterocycles. The Morgan fingerprint density at radius 2 is 2.13 bits per heavy atom. The number of amides is 1. The van der Waals surface area contributed by atoms with E-state index in [0.29, 0.717) is 24.7 Å². The van der Waals surface area contributed by atoms with Crippen LogP contribution in [-0.4, -0.2) is 49.7 Å². The molecular weight excluding hydrogens is 390 g/mol. The molecule has 1 atom stereocenters. The van der Waals surface area contributed by atoms with Crippen LogP contribution in [0.15, 0.2) is 42.6 Å². The molecule has 5 rings (SSSR count). The Labute approximate surface area is 180 Å². The van der Waals surface area contributed by atoms with Crippen molar-refractivity contribution in [2.75, 3.05) is 18.4 Å². The van der Waals surface area contributed by atoms with Gasteiger partial charge in [-0.1, -0.05) is 0 Å². The van der Waals surface area contributed by atoms with Gasteiger partial charge in [-0.25, -0.2) is 4.98 Å². The van der Waals surface area contributed by atoms with E-state index in [2.05, 4.69) is 27.2 Å². The summed E-state index contributed by atoms with van der Waals surface area (Å²) in [6.07, 6.45) is 4.41. The first-order valence-electron chi connectivity index (χ1n) is 10.8. The van der Waals surface area contributed by atoms with Crippen molar-refractivity contribution in [3.05, 3.63) is 54.0 Å². The highest BCUT2D eigenvalue weighted by Gasteiger charge is 2.21. The van der Waals surface area contributed by atoms with Gasteiger partial charge in [-0.3, -0.25) is 14.4 Å². The molecule has 8 heteroatoms. The highest BCUT2D eigenvalue weighted by Crippen LogP contribution is 2.22. The van der Waals surface area contributed by atoms with Crippen LogP contribution in [0.2, 0.25) is 0 Å². The maximum absolute atomic E-state index is 12.8. The molecule has 1 amide bonds. The Morgan fingerprint density at radius 3 is 2.94 bits per heavy atom. The summed E-state index contributed by atoms with van der Waals surface area (Å²) in [7, 11) is 0. The van der Waals surface area contributed by atoms with Crippen molar-refractivity contribution in [2.24, 2.45) is 5.73 Å². The normalized spacial score (nSPS) is 17.0. The molecule has 1 saturated heterocycles. The zero-order valence-corrected chi connectivity index (χ0v) is 17.6. The fraction of sp³-hybridized carbons (Fsp3) is 0.348. The predicted molar refractivity (Wildman–Crippen MR) is 122 cm³/mol. The lowest BCUT2D eigenvalue weighted by atomic mass is 10.1.